The topological polar surface area (TPSA) is 81.1 Å². The van der Waals surface area contributed by atoms with E-state index < -0.39 is 0 Å². The van der Waals surface area contributed by atoms with E-state index in [9.17, 15) is 4.79 Å². The number of carbonyl (C=O) groups excluding carboxylic acids is 1. The second kappa shape index (κ2) is 2.60. The third kappa shape index (κ3) is 1.31. The van der Waals surface area contributed by atoms with E-state index in [1.807, 2.05) is 0 Å². The van der Waals surface area contributed by atoms with Crippen molar-refractivity contribution in [2.24, 2.45) is 5.73 Å². The van der Waals surface area contributed by atoms with E-state index in [4.69, 9.17) is 10.2 Å². The Morgan fingerprint density at radius 2 is 2.58 bits per heavy atom. The Morgan fingerprint density at radius 3 is 3.08 bits per heavy atom. The molecule has 1 heterocycles. The smallest absolute Gasteiger partial charge is 0.307 e. The molecule has 64 valence electrons. The molecule has 2 atom stereocenters. The first kappa shape index (κ1) is 7.30. The number of nitrogens with zero attached hydrogens (tertiary/aromatic N) is 1. The van der Waals surface area contributed by atoms with Gasteiger partial charge in [-0.05, 0) is 6.42 Å². The lowest BCUT2D eigenvalue weighted by Crippen LogP contribution is -2.29. The van der Waals surface area contributed by atoms with Gasteiger partial charge in [0.25, 0.3) is 5.89 Å². The maximum Gasteiger partial charge on any atom is 0.307 e. The summed E-state index contributed by atoms with van der Waals surface area (Å²) in [5.74, 6) is -0.202. The third-order valence-electron chi connectivity index (χ3n) is 1.78. The lowest BCUT2D eigenvalue weighted by atomic mass is 10.5. The third-order valence-corrected chi connectivity index (χ3v) is 1.78. The minimum atomic E-state index is -0.294. The van der Waals surface area contributed by atoms with E-state index in [-0.39, 0.29) is 23.9 Å². The first-order chi connectivity index (χ1) is 5.77. The monoisotopic (exact) mass is 167 g/mol. The Balaban J connectivity index is 1.93. The fourth-order valence-electron chi connectivity index (χ4n) is 0.946. The summed E-state index contributed by atoms with van der Waals surface area (Å²) in [6, 6.07) is 0.202. The van der Waals surface area contributed by atoms with Crippen molar-refractivity contribution in [3.05, 3.63) is 18.4 Å². The highest BCUT2D eigenvalue weighted by atomic mass is 16.3. The number of rotatable bonds is 2. The molecule has 1 aromatic rings. The Bertz CT molecular complexity index is 283. The molecule has 2 unspecified atom stereocenters. The molecular weight excluding hydrogens is 158 g/mol. The van der Waals surface area contributed by atoms with Gasteiger partial charge in [0.05, 0.1) is 6.20 Å². The molecule has 0 spiro atoms. The van der Waals surface area contributed by atoms with Crippen LogP contribution in [0.2, 0.25) is 0 Å². The van der Waals surface area contributed by atoms with E-state index in [0.29, 0.717) is 0 Å². The van der Waals surface area contributed by atoms with Gasteiger partial charge >= 0.3 is 5.91 Å². The number of carbonyl (C=O) groups is 1. The average Bonchev–Trinajstić information content (AvgIpc) is 2.58. The van der Waals surface area contributed by atoms with Crippen molar-refractivity contribution in [1.82, 2.24) is 10.3 Å². The van der Waals surface area contributed by atoms with Crippen LogP contribution in [0.4, 0.5) is 0 Å². The van der Waals surface area contributed by atoms with Gasteiger partial charge in [0.1, 0.15) is 6.26 Å². The highest BCUT2D eigenvalue weighted by molar-refractivity contribution is 5.90. The quantitative estimate of drug-likeness (QED) is 0.622. The fourth-order valence-corrected chi connectivity index (χ4v) is 0.946. The number of hydrogen-bond acceptors (Lipinski definition) is 4. The van der Waals surface area contributed by atoms with Gasteiger partial charge in [0, 0.05) is 12.1 Å². The molecule has 1 amide bonds. The molecule has 1 aliphatic carbocycles. The van der Waals surface area contributed by atoms with E-state index in [1.165, 1.54) is 12.5 Å². The second-order valence-electron chi connectivity index (χ2n) is 2.82. The van der Waals surface area contributed by atoms with Crippen molar-refractivity contribution >= 4 is 5.91 Å². The normalized spacial score (nSPS) is 26.8. The summed E-state index contributed by atoms with van der Waals surface area (Å²) in [7, 11) is 0. The van der Waals surface area contributed by atoms with Crippen LogP contribution in [0, 0.1) is 0 Å². The summed E-state index contributed by atoms with van der Waals surface area (Å²) in [6.45, 7) is 0. The van der Waals surface area contributed by atoms with Crippen LogP contribution in [0.1, 0.15) is 17.1 Å². The van der Waals surface area contributed by atoms with E-state index in [2.05, 4.69) is 10.3 Å². The Labute approximate surface area is 69.0 Å². The summed E-state index contributed by atoms with van der Waals surface area (Å²) in [5, 5.41) is 2.69. The van der Waals surface area contributed by atoms with Gasteiger partial charge < -0.3 is 15.5 Å². The molecule has 1 saturated carbocycles. The predicted molar refractivity (Wildman–Crippen MR) is 40.3 cm³/mol. The highest BCUT2D eigenvalue weighted by Gasteiger charge is 2.35. The number of oxazole rings is 1. The molecule has 0 aromatic carbocycles. The molecule has 1 aliphatic rings. The van der Waals surface area contributed by atoms with Gasteiger partial charge in [-0.25, -0.2) is 4.98 Å². The molecule has 12 heavy (non-hydrogen) atoms. The zero-order valence-electron chi connectivity index (χ0n) is 6.36. The molecule has 1 fully saturated rings. The van der Waals surface area contributed by atoms with Crippen molar-refractivity contribution in [1.29, 1.82) is 0 Å². The molecule has 1 aromatic heterocycles. The molecule has 3 N–H and O–H groups in total. The van der Waals surface area contributed by atoms with Crippen molar-refractivity contribution in [3.63, 3.8) is 0 Å². The molecule has 0 bridgehead atoms. The van der Waals surface area contributed by atoms with Crippen LogP contribution in [0.25, 0.3) is 0 Å². The summed E-state index contributed by atoms with van der Waals surface area (Å²) in [6.07, 6.45) is 3.63. The highest BCUT2D eigenvalue weighted by Crippen LogP contribution is 2.17. The van der Waals surface area contributed by atoms with Gasteiger partial charge in [-0.3, -0.25) is 4.79 Å². The number of nitrogens with two attached hydrogens (primary N) is 1. The summed E-state index contributed by atoms with van der Waals surface area (Å²) < 4.78 is 4.80. The maximum atomic E-state index is 11.2. The minimum absolute atomic E-state index is 0.0918. The SMILES string of the molecule is NC1CC1NC(=O)c1ncco1. The van der Waals surface area contributed by atoms with Crippen molar-refractivity contribution in [3.8, 4) is 0 Å². The van der Waals surface area contributed by atoms with Crippen LogP contribution in [0.15, 0.2) is 16.9 Å². The predicted octanol–water partition coefficient (Wildman–Crippen LogP) is -0.496. The van der Waals surface area contributed by atoms with Crippen LogP contribution in [0.3, 0.4) is 0 Å². The first-order valence-corrected chi connectivity index (χ1v) is 3.73. The minimum Gasteiger partial charge on any atom is -0.441 e. The number of amides is 1. The van der Waals surface area contributed by atoms with E-state index in [1.54, 1.807) is 0 Å². The van der Waals surface area contributed by atoms with Crippen LogP contribution >= 0.6 is 0 Å². The molecule has 2 rings (SSSR count). The Morgan fingerprint density at radius 1 is 1.83 bits per heavy atom. The van der Waals surface area contributed by atoms with Gasteiger partial charge in [-0.1, -0.05) is 0 Å². The zero-order valence-corrected chi connectivity index (χ0v) is 6.36. The molecule has 0 aliphatic heterocycles. The standard InChI is InChI=1S/C7H9N3O2/c8-4-3-5(4)10-6(11)7-9-1-2-12-7/h1-2,4-5H,3,8H2,(H,10,11). The van der Waals surface area contributed by atoms with Gasteiger partial charge in [-0.2, -0.15) is 0 Å². The van der Waals surface area contributed by atoms with Crippen molar-refractivity contribution in [2.75, 3.05) is 0 Å². The fraction of sp³-hybridized carbons (Fsp3) is 0.429. The average molecular weight is 167 g/mol. The molecule has 5 nitrogen and oxygen atoms in total. The number of nitrogens with one attached hydrogen (secondary N) is 1. The Kier molecular flexibility index (Phi) is 1.58. The molecule has 0 radical (unpaired) electrons. The molecule has 0 saturated heterocycles. The van der Waals surface area contributed by atoms with Crippen LogP contribution in [-0.2, 0) is 0 Å². The van der Waals surface area contributed by atoms with Gasteiger partial charge in [0.2, 0.25) is 0 Å². The van der Waals surface area contributed by atoms with Gasteiger partial charge in [-0.15, -0.1) is 0 Å². The maximum absolute atomic E-state index is 11.2. The van der Waals surface area contributed by atoms with Crippen LogP contribution in [-0.4, -0.2) is 23.0 Å². The van der Waals surface area contributed by atoms with Gasteiger partial charge in [0.15, 0.2) is 0 Å². The summed E-state index contributed by atoms with van der Waals surface area (Å²) in [4.78, 5) is 14.9. The lowest BCUT2D eigenvalue weighted by Gasteiger charge is -1.97. The molecule has 5 heteroatoms. The zero-order chi connectivity index (χ0) is 8.55. The summed E-state index contributed by atoms with van der Waals surface area (Å²) in [5.41, 5.74) is 5.50. The van der Waals surface area contributed by atoms with E-state index in [0.717, 1.165) is 6.42 Å². The molecular formula is C7H9N3O2. The van der Waals surface area contributed by atoms with Crippen LogP contribution < -0.4 is 11.1 Å². The lowest BCUT2D eigenvalue weighted by molar-refractivity contribution is 0.0915. The number of aromatic nitrogens is 1. The first-order valence-electron chi connectivity index (χ1n) is 3.73. The Hall–Kier alpha value is -1.36. The summed E-state index contributed by atoms with van der Waals surface area (Å²) >= 11 is 0. The largest absolute Gasteiger partial charge is 0.441 e. The van der Waals surface area contributed by atoms with Crippen LogP contribution in [0.5, 0.6) is 0 Å². The van der Waals surface area contributed by atoms with Crippen molar-refractivity contribution < 1.29 is 9.21 Å². The number of hydrogen-bond donors (Lipinski definition) is 2. The van der Waals surface area contributed by atoms with Crippen molar-refractivity contribution in [2.45, 2.75) is 18.5 Å². The van der Waals surface area contributed by atoms with E-state index >= 15 is 0 Å². The second-order valence-corrected chi connectivity index (χ2v) is 2.82.